The Labute approximate surface area is 125 Å². The van der Waals surface area contributed by atoms with Crippen molar-refractivity contribution in [2.45, 2.75) is 72.1 Å². The van der Waals surface area contributed by atoms with Crippen molar-refractivity contribution in [3.8, 4) is 0 Å². The molecule has 20 heavy (non-hydrogen) atoms. The van der Waals surface area contributed by atoms with Crippen LogP contribution in [-0.2, 0) is 0 Å². The van der Waals surface area contributed by atoms with Gasteiger partial charge < -0.3 is 0 Å². The number of hydrogen-bond acceptors (Lipinski definition) is 0. The molecule has 4 aliphatic rings. The molecule has 0 unspecified atom stereocenters. The van der Waals surface area contributed by atoms with Crippen LogP contribution in [0.15, 0.2) is 12.2 Å². The van der Waals surface area contributed by atoms with Gasteiger partial charge in [0.15, 0.2) is 0 Å². The van der Waals surface area contributed by atoms with Gasteiger partial charge in [-0.3, -0.25) is 0 Å². The standard InChI is InChI=1S/C20H32/c1-13-6-5-9-19(3)10-11-20(4)14(2)7-8-15-12-16(13)18(19)17(15)20/h14-18H,1,5-12H2,2-4H3/t14-,15+,16-,17+,18-,19+,20+/m1/s1. The molecule has 0 aromatic rings. The Balaban J connectivity index is 1.81. The molecule has 0 heterocycles. The van der Waals surface area contributed by atoms with Crippen molar-refractivity contribution in [2.75, 3.05) is 0 Å². The lowest BCUT2D eigenvalue weighted by molar-refractivity contribution is -0.0985. The first kappa shape index (κ1) is 13.4. The zero-order valence-electron chi connectivity index (χ0n) is 13.8. The normalized spacial score (nSPS) is 58.1. The number of hydrogen-bond donors (Lipinski definition) is 0. The van der Waals surface area contributed by atoms with Crippen molar-refractivity contribution < 1.29 is 0 Å². The van der Waals surface area contributed by atoms with E-state index in [0.717, 1.165) is 29.6 Å². The molecule has 4 fully saturated rings. The molecule has 4 aliphatic carbocycles. The molecule has 0 bridgehead atoms. The van der Waals surface area contributed by atoms with Gasteiger partial charge in [-0.2, -0.15) is 0 Å². The molecule has 4 saturated carbocycles. The van der Waals surface area contributed by atoms with Crippen molar-refractivity contribution in [1.82, 2.24) is 0 Å². The molecule has 0 N–H and O–H groups in total. The SMILES string of the molecule is C=C1CCC[C@@]2(C)CC[C@]3(C)[C@H]4[C@@H](CC[C@H]3C)C[C@H]1[C@H]42. The van der Waals surface area contributed by atoms with Crippen molar-refractivity contribution in [3.63, 3.8) is 0 Å². The first-order valence-electron chi connectivity index (χ1n) is 9.13. The molecule has 0 amide bonds. The van der Waals surface area contributed by atoms with Crippen LogP contribution in [0, 0.1) is 40.4 Å². The summed E-state index contributed by atoms with van der Waals surface area (Å²) in [7, 11) is 0. The van der Waals surface area contributed by atoms with Gasteiger partial charge >= 0.3 is 0 Å². The molecular weight excluding hydrogens is 240 g/mol. The molecule has 0 aromatic heterocycles. The largest absolute Gasteiger partial charge is 0.0996 e. The average molecular weight is 272 g/mol. The fourth-order valence-corrected chi connectivity index (χ4v) is 7.20. The topological polar surface area (TPSA) is 0 Å². The van der Waals surface area contributed by atoms with Gasteiger partial charge in [-0.15, -0.1) is 0 Å². The highest BCUT2D eigenvalue weighted by Gasteiger charge is 2.63. The fraction of sp³-hybridized carbons (Fsp3) is 0.900. The Bertz CT molecular complexity index is 435. The summed E-state index contributed by atoms with van der Waals surface area (Å²) in [4.78, 5) is 0. The maximum absolute atomic E-state index is 4.53. The van der Waals surface area contributed by atoms with Gasteiger partial charge in [0.25, 0.3) is 0 Å². The summed E-state index contributed by atoms with van der Waals surface area (Å²) in [6.45, 7) is 12.4. The average Bonchev–Trinajstić information content (AvgIpc) is 2.77. The lowest BCUT2D eigenvalue weighted by atomic mass is 9.46. The predicted octanol–water partition coefficient (Wildman–Crippen LogP) is 5.83. The summed E-state index contributed by atoms with van der Waals surface area (Å²) < 4.78 is 0. The third-order valence-corrected chi connectivity index (χ3v) is 8.55. The Hall–Kier alpha value is -0.260. The highest BCUT2D eigenvalue weighted by molar-refractivity contribution is 5.19. The van der Waals surface area contributed by atoms with Crippen LogP contribution >= 0.6 is 0 Å². The summed E-state index contributed by atoms with van der Waals surface area (Å²) in [6, 6.07) is 0. The Kier molecular flexibility index (Phi) is 2.78. The van der Waals surface area contributed by atoms with E-state index in [-0.39, 0.29) is 0 Å². The maximum Gasteiger partial charge on any atom is -0.0167 e. The van der Waals surface area contributed by atoms with Crippen molar-refractivity contribution >= 4 is 0 Å². The minimum atomic E-state index is 0.639. The molecule has 112 valence electrons. The molecular formula is C20H32. The van der Waals surface area contributed by atoms with E-state index in [1.165, 1.54) is 51.4 Å². The van der Waals surface area contributed by atoms with E-state index in [2.05, 4.69) is 27.4 Å². The molecule has 0 spiro atoms. The molecule has 4 rings (SSSR count). The molecule has 0 heteroatoms. The maximum atomic E-state index is 4.53. The van der Waals surface area contributed by atoms with E-state index in [1.54, 1.807) is 5.57 Å². The Morgan fingerprint density at radius 3 is 2.65 bits per heavy atom. The smallest absolute Gasteiger partial charge is 0.0167 e. The molecule has 0 radical (unpaired) electrons. The zero-order valence-corrected chi connectivity index (χ0v) is 13.8. The van der Waals surface area contributed by atoms with Crippen molar-refractivity contribution in [2.24, 2.45) is 40.4 Å². The van der Waals surface area contributed by atoms with Gasteiger partial charge in [0.05, 0.1) is 0 Å². The first-order chi connectivity index (χ1) is 9.46. The van der Waals surface area contributed by atoms with Crippen molar-refractivity contribution in [1.29, 1.82) is 0 Å². The van der Waals surface area contributed by atoms with Crippen LogP contribution < -0.4 is 0 Å². The van der Waals surface area contributed by atoms with Crippen LogP contribution in [0.1, 0.15) is 72.1 Å². The molecule has 0 aliphatic heterocycles. The van der Waals surface area contributed by atoms with Gasteiger partial charge in [-0.1, -0.05) is 32.9 Å². The van der Waals surface area contributed by atoms with Crippen molar-refractivity contribution in [3.05, 3.63) is 12.2 Å². The third kappa shape index (κ3) is 1.54. The second-order valence-corrected chi connectivity index (χ2v) is 9.30. The Morgan fingerprint density at radius 1 is 1.05 bits per heavy atom. The molecule has 7 atom stereocenters. The number of rotatable bonds is 0. The lowest BCUT2D eigenvalue weighted by Crippen LogP contribution is -2.52. The summed E-state index contributed by atoms with van der Waals surface area (Å²) in [5.41, 5.74) is 2.91. The van der Waals surface area contributed by atoms with Crippen LogP contribution in [0.3, 0.4) is 0 Å². The minimum absolute atomic E-state index is 0.639. The molecule has 0 aromatic carbocycles. The second-order valence-electron chi connectivity index (χ2n) is 9.30. The summed E-state index contributed by atoms with van der Waals surface area (Å²) >= 11 is 0. The number of allylic oxidation sites excluding steroid dienone is 1. The van der Waals surface area contributed by atoms with E-state index in [1.807, 2.05) is 0 Å². The predicted molar refractivity (Wildman–Crippen MR) is 85.4 cm³/mol. The van der Waals surface area contributed by atoms with E-state index in [4.69, 9.17) is 0 Å². The highest BCUT2D eigenvalue weighted by Crippen LogP contribution is 2.71. The summed E-state index contributed by atoms with van der Waals surface area (Å²) in [6.07, 6.45) is 11.7. The quantitative estimate of drug-likeness (QED) is 0.487. The summed E-state index contributed by atoms with van der Waals surface area (Å²) in [5, 5.41) is 0. The van der Waals surface area contributed by atoms with Crippen LogP contribution in [-0.4, -0.2) is 0 Å². The zero-order chi connectivity index (χ0) is 14.1. The minimum Gasteiger partial charge on any atom is -0.0996 e. The van der Waals surface area contributed by atoms with Gasteiger partial charge in [-0.25, -0.2) is 0 Å². The van der Waals surface area contributed by atoms with E-state index in [9.17, 15) is 0 Å². The van der Waals surface area contributed by atoms with E-state index >= 15 is 0 Å². The second kappa shape index (κ2) is 4.14. The van der Waals surface area contributed by atoms with Crippen LogP contribution in [0.2, 0.25) is 0 Å². The monoisotopic (exact) mass is 272 g/mol. The van der Waals surface area contributed by atoms with Gasteiger partial charge in [0, 0.05) is 0 Å². The van der Waals surface area contributed by atoms with Gasteiger partial charge in [-0.05, 0) is 91.8 Å². The molecule has 0 nitrogen and oxygen atoms in total. The summed E-state index contributed by atoms with van der Waals surface area (Å²) in [5.74, 6) is 4.85. The van der Waals surface area contributed by atoms with E-state index < -0.39 is 0 Å². The fourth-order valence-electron chi connectivity index (χ4n) is 7.20. The highest BCUT2D eigenvalue weighted by atomic mass is 14.7. The first-order valence-corrected chi connectivity index (χ1v) is 9.13. The van der Waals surface area contributed by atoms with Crippen LogP contribution in [0.5, 0.6) is 0 Å². The van der Waals surface area contributed by atoms with Gasteiger partial charge in [0.1, 0.15) is 0 Å². The lowest BCUT2D eigenvalue weighted by Gasteiger charge is -2.59. The Morgan fingerprint density at radius 2 is 1.85 bits per heavy atom. The van der Waals surface area contributed by atoms with Crippen LogP contribution in [0.4, 0.5) is 0 Å². The van der Waals surface area contributed by atoms with Gasteiger partial charge in [0.2, 0.25) is 0 Å². The van der Waals surface area contributed by atoms with Crippen LogP contribution in [0.25, 0.3) is 0 Å². The third-order valence-electron chi connectivity index (χ3n) is 8.55. The van der Waals surface area contributed by atoms with E-state index in [0.29, 0.717) is 10.8 Å². The molecule has 0 saturated heterocycles.